The Morgan fingerprint density at radius 2 is 1.77 bits per heavy atom. The van der Waals surface area contributed by atoms with Gasteiger partial charge in [-0.1, -0.05) is 6.08 Å². The van der Waals surface area contributed by atoms with Gasteiger partial charge in [0.1, 0.15) is 5.83 Å². The number of allylic oxidation sites excluding steroid dienone is 6. The van der Waals surface area contributed by atoms with Crippen molar-refractivity contribution in [3.63, 3.8) is 0 Å². The fourth-order valence-electron chi connectivity index (χ4n) is 3.17. The molecule has 1 aliphatic heterocycles. The number of Topliss-reactive ketones (excluding diaryl/α,β-unsaturated/α-hetero) is 1. The van der Waals surface area contributed by atoms with Crippen LogP contribution >= 0.6 is 0 Å². The van der Waals surface area contributed by atoms with E-state index < -0.39 is 41.7 Å². The lowest BCUT2D eigenvalue weighted by Crippen LogP contribution is -2.39. The number of ketones is 1. The zero-order chi connectivity index (χ0) is 22.1. The number of amides is 1. The molecule has 0 atom stereocenters. The Bertz CT molecular complexity index is 955. The third kappa shape index (κ3) is 4.62. The molecule has 1 amide bonds. The number of hydrogen-bond acceptors (Lipinski definition) is 4. The van der Waals surface area contributed by atoms with Crippen molar-refractivity contribution >= 4 is 11.7 Å². The maximum absolute atomic E-state index is 13.5. The van der Waals surface area contributed by atoms with Crippen LogP contribution in [0.1, 0.15) is 37.3 Å². The fourth-order valence-corrected chi connectivity index (χ4v) is 3.17. The van der Waals surface area contributed by atoms with Gasteiger partial charge in [-0.15, -0.1) is 10.2 Å². The second-order valence-corrected chi connectivity index (χ2v) is 6.78. The minimum Gasteiger partial charge on any atom is -0.333 e. The van der Waals surface area contributed by atoms with Crippen molar-refractivity contribution < 1.29 is 35.9 Å². The molecule has 1 aromatic rings. The Morgan fingerprint density at radius 3 is 2.47 bits per heavy atom. The largest absolute Gasteiger partial charge is 0.451 e. The first-order valence-electron chi connectivity index (χ1n) is 8.99. The zero-order valence-electron chi connectivity index (χ0n) is 15.5. The molecule has 0 unspecified atom stereocenters. The van der Waals surface area contributed by atoms with Crippen molar-refractivity contribution in [2.45, 2.75) is 44.9 Å². The van der Waals surface area contributed by atoms with E-state index in [4.69, 9.17) is 0 Å². The molecule has 6 nitrogen and oxygen atoms in total. The van der Waals surface area contributed by atoms with Crippen LogP contribution in [0.4, 0.5) is 26.3 Å². The summed E-state index contributed by atoms with van der Waals surface area (Å²) in [5.74, 6) is -6.47. The van der Waals surface area contributed by atoms with E-state index in [2.05, 4.69) is 10.2 Å². The number of carbonyl (C=O) groups is 2. The predicted octanol–water partition coefficient (Wildman–Crippen LogP) is 3.71. The Morgan fingerprint density at radius 1 is 1.03 bits per heavy atom. The van der Waals surface area contributed by atoms with Crippen molar-refractivity contribution in [2.75, 3.05) is 6.54 Å². The van der Waals surface area contributed by atoms with E-state index in [1.807, 2.05) is 0 Å². The second kappa shape index (κ2) is 8.44. The van der Waals surface area contributed by atoms with Gasteiger partial charge in [0.25, 0.3) is 0 Å². The van der Waals surface area contributed by atoms with E-state index in [-0.39, 0.29) is 56.2 Å². The van der Waals surface area contributed by atoms with Crippen LogP contribution in [0, 0.1) is 0 Å². The van der Waals surface area contributed by atoms with Crippen molar-refractivity contribution in [3.8, 4) is 0 Å². The molecular weight excluding hydrogens is 418 g/mol. The number of carbonyl (C=O) groups excluding carboxylic acids is 2. The Balaban J connectivity index is 1.52. The van der Waals surface area contributed by atoms with Gasteiger partial charge in [0.15, 0.2) is 23.3 Å². The normalized spacial score (nSPS) is 17.3. The van der Waals surface area contributed by atoms with Gasteiger partial charge >= 0.3 is 6.18 Å². The minimum atomic E-state index is -4.64. The molecule has 2 heterocycles. The summed E-state index contributed by atoms with van der Waals surface area (Å²) in [6.07, 6.45) is -3.78. The number of hydrogen-bond donors (Lipinski definition) is 0. The highest BCUT2D eigenvalue weighted by Crippen LogP contribution is 2.30. The molecule has 162 valence electrons. The number of rotatable bonds is 5. The van der Waals surface area contributed by atoms with Crippen LogP contribution in [0.3, 0.4) is 0 Å². The summed E-state index contributed by atoms with van der Waals surface area (Å²) in [7, 11) is 0. The van der Waals surface area contributed by atoms with Crippen LogP contribution in [0.25, 0.3) is 0 Å². The lowest BCUT2D eigenvalue weighted by molar-refractivity contribution is -0.148. The molecular formula is C18H16F6N4O2. The first kappa shape index (κ1) is 21.8. The van der Waals surface area contributed by atoms with Crippen molar-refractivity contribution in [1.29, 1.82) is 0 Å². The second-order valence-electron chi connectivity index (χ2n) is 6.78. The summed E-state index contributed by atoms with van der Waals surface area (Å²) in [6.45, 7) is -0.213. The molecule has 2 aliphatic rings. The maximum atomic E-state index is 13.5. The molecule has 0 fully saturated rings. The molecule has 1 aliphatic carbocycles. The van der Waals surface area contributed by atoms with Gasteiger partial charge < -0.3 is 9.47 Å². The van der Waals surface area contributed by atoms with Gasteiger partial charge in [0.2, 0.25) is 11.7 Å². The minimum absolute atomic E-state index is 0.0136. The molecule has 0 spiro atoms. The fraction of sp³-hybridized carbons (Fsp3) is 0.444. The lowest BCUT2D eigenvalue weighted by atomic mass is 10.0. The number of halogens is 6. The summed E-state index contributed by atoms with van der Waals surface area (Å²) in [5, 5.41) is 6.62. The van der Waals surface area contributed by atoms with E-state index in [0.717, 1.165) is 10.6 Å². The van der Waals surface area contributed by atoms with Crippen LogP contribution in [0.2, 0.25) is 0 Å². The van der Waals surface area contributed by atoms with E-state index >= 15 is 0 Å². The van der Waals surface area contributed by atoms with E-state index in [9.17, 15) is 35.9 Å². The van der Waals surface area contributed by atoms with Gasteiger partial charge in [0.05, 0.1) is 6.54 Å². The third-order valence-corrected chi connectivity index (χ3v) is 4.74. The first-order valence-corrected chi connectivity index (χ1v) is 8.99. The SMILES string of the molecule is O=C(CCCC(=O)N1CCn2c(nnc2C(F)(F)F)C1)C1=CC=C(F)C(F)=C(F)C1. The summed E-state index contributed by atoms with van der Waals surface area (Å²) >= 11 is 0. The molecule has 0 saturated heterocycles. The van der Waals surface area contributed by atoms with Gasteiger partial charge in [-0.25, -0.2) is 13.2 Å². The van der Waals surface area contributed by atoms with Gasteiger partial charge in [-0.05, 0) is 12.5 Å². The van der Waals surface area contributed by atoms with E-state index in [1.54, 1.807) is 0 Å². The molecule has 0 N–H and O–H groups in total. The average Bonchev–Trinajstić information content (AvgIpc) is 3.08. The highest BCUT2D eigenvalue weighted by atomic mass is 19.4. The van der Waals surface area contributed by atoms with E-state index in [1.165, 1.54) is 4.90 Å². The standard InChI is InChI=1S/C18H16F6N4O2/c19-11-5-4-10(8-12(20)16(11)21)13(29)2-1-3-15(30)27-6-7-28-14(9-27)25-26-17(28)18(22,23)24/h4-5H,1-3,6-9H2. The number of aromatic nitrogens is 3. The van der Waals surface area contributed by atoms with Crippen molar-refractivity contribution in [3.05, 3.63) is 46.9 Å². The van der Waals surface area contributed by atoms with Crippen molar-refractivity contribution in [1.82, 2.24) is 19.7 Å². The van der Waals surface area contributed by atoms with E-state index in [0.29, 0.717) is 6.08 Å². The number of fused-ring (bicyclic) bond motifs is 1. The Labute approximate surface area is 166 Å². The molecule has 1 aromatic heterocycles. The monoisotopic (exact) mass is 434 g/mol. The third-order valence-electron chi connectivity index (χ3n) is 4.74. The number of alkyl halides is 3. The number of nitrogens with zero attached hydrogens (tertiary/aromatic N) is 4. The van der Waals surface area contributed by atoms with Crippen LogP contribution in [-0.4, -0.2) is 37.9 Å². The van der Waals surface area contributed by atoms with Crippen LogP contribution in [0.5, 0.6) is 0 Å². The van der Waals surface area contributed by atoms with Crippen LogP contribution < -0.4 is 0 Å². The van der Waals surface area contributed by atoms with Gasteiger partial charge in [-0.2, -0.15) is 13.2 Å². The van der Waals surface area contributed by atoms with Crippen LogP contribution in [-0.2, 0) is 28.9 Å². The van der Waals surface area contributed by atoms with Crippen molar-refractivity contribution in [2.24, 2.45) is 0 Å². The summed E-state index contributed by atoms with van der Waals surface area (Å²) < 4.78 is 79.3. The topological polar surface area (TPSA) is 68.1 Å². The molecule has 0 bridgehead atoms. The quantitative estimate of drug-likeness (QED) is 0.663. The molecule has 0 aromatic carbocycles. The van der Waals surface area contributed by atoms with Crippen LogP contribution in [0.15, 0.2) is 35.2 Å². The summed E-state index contributed by atoms with van der Waals surface area (Å²) in [6, 6.07) is 0. The smallest absolute Gasteiger partial charge is 0.333 e. The Kier molecular flexibility index (Phi) is 6.13. The predicted molar refractivity (Wildman–Crippen MR) is 90.4 cm³/mol. The summed E-state index contributed by atoms with van der Waals surface area (Å²) in [4.78, 5) is 25.8. The maximum Gasteiger partial charge on any atom is 0.451 e. The lowest BCUT2D eigenvalue weighted by Gasteiger charge is -2.28. The summed E-state index contributed by atoms with van der Waals surface area (Å²) in [5.41, 5.74) is -0.117. The molecule has 0 radical (unpaired) electrons. The molecule has 12 heteroatoms. The van der Waals surface area contributed by atoms with Gasteiger partial charge in [-0.3, -0.25) is 9.59 Å². The molecule has 3 rings (SSSR count). The zero-order valence-corrected chi connectivity index (χ0v) is 15.5. The first-order chi connectivity index (χ1) is 14.1. The highest BCUT2D eigenvalue weighted by molar-refractivity contribution is 5.96. The molecule has 30 heavy (non-hydrogen) atoms. The average molecular weight is 434 g/mol. The highest BCUT2D eigenvalue weighted by Gasteiger charge is 2.39. The Hall–Kier alpha value is -2.92. The molecule has 0 saturated carbocycles. The van der Waals surface area contributed by atoms with Gasteiger partial charge in [0, 0.05) is 37.9 Å².